The number of aliphatic imine (C=N–C) groups is 1. The molecule has 128 valence electrons. The van der Waals surface area contributed by atoms with Gasteiger partial charge in [-0.05, 0) is 38.0 Å². The number of hydrogen-bond acceptors (Lipinski definition) is 5. The van der Waals surface area contributed by atoms with Crippen LogP contribution in [0.15, 0.2) is 23.2 Å². The second-order valence-corrected chi connectivity index (χ2v) is 6.83. The predicted octanol–water partition coefficient (Wildman–Crippen LogP) is 2.40. The third kappa shape index (κ3) is 3.97. The van der Waals surface area contributed by atoms with Crippen molar-refractivity contribution in [2.75, 3.05) is 20.4 Å². The lowest BCUT2D eigenvalue weighted by molar-refractivity contribution is 0.174. The summed E-state index contributed by atoms with van der Waals surface area (Å²) in [5.41, 5.74) is 2.30. The summed E-state index contributed by atoms with van der Waals surface area (Å²) in [6.45, 7) is 5.91. The molecule has 1 aromatic heterocycles. The van der Waals surface area contributed by atoms with Gasteiger partial charge in [-0.3, -0.25) is 4.99 Å². The highest BCUT2D eigenvalue weighted by Crippen LogP contribution is 2.32. The molecule has 3 rings (SSSR count). The van der Waals surface area contributed by atoms with Crippen LogP contribution in [0, 0.1) is 13.8 Å². The predicted molar refractivity (Wildman–Crippen MR) is 96.1 cm³/mol. The van der Waals surface area contributed by atoms with Crippen LogP contribution >= 0.6 is 11.3 Å². The maximum absolute atomic E-state index is 5.40. The Balaban J connectivity index is 1.46. The van der Waals surface area contributed by atoms with Crippen LogP contribution in [-0.2, 0) is 13.0 Å². The monoisotopic (exact) mass is 346 g/mol. The van der Waals surface area contributed by atoms with E-state index in [0.29, 0.717) is 13.3 Å². The standard InChI is InChI=1S/C17H22N4O2S/c1-11-12(2)24-16(21-11)9-20-17(18-3)19-7-6-13-4-5-14-15(8-13)23-10-22-14/h4-5,8H,6-7,9-10H2,1-3H3,(H2,18,19,20). The molecule has 0 spiro atoms. The Morgan fingerprint density at radius 1 is 1.25 bits per heavy atom. The van der Waals surface area contributed by atoms with Gasteiger partial charge in [0.25, 0.3) is 0 Å². The van der Waals surface area contributed by atoms with Crippen LogP contribution in [0.3, 0.4) is 0 Å². The van der Waals surface area contributed by atoms with Crippen molar-refractivity contribution in [1.29, 1.82) is 0 Å². The van der Waals surface area contributed by atoms with Gasteiger partial charge in [-0.15, -0.1) is 11.3 Å². The number of guanidine groups is 1. The highest BCUT2D eigenvalue weighted by atomic mass is 32.1. The zero-order valence-corrected chi connectivity index (χ0v) is 15.0. The van der Waals surface area contributed by atoms with E-state index in [9.17, 15) is 0 Å². The molecule has 0 unspecified atom stereocenters. The second kappa shape index (κ2) is 7.53. The maximum Gasteiger partial charge on any atom is 0.231 e. The molecule has 0 saturated carbocycles. The van der Waals surface area contributed by atoms with Gasteiger partial charge < -0.3 is 20.1 Å². The summed E-state index contributed by atoms with van der Waals surface area (Å²) >= 11 is 1.72. The molecule has 0 bridgehead atoms. The molecule has 2 aromatic rings. The van der Waals surface area contributed by atoms with E-state index in [2.05, 4.69) is 33.6 Å². The van der Waals surface area contributed by atoms with E-state index in [4.69, 9.17) is 9.47 Å². The number of ether oxygens (including phenoxy) is 2. The van der Waals surface area contributed by atoms with Crippen molar-refractivity contribution in [3.63, 3.8) is 0 Å². The molecule has 0 saturated heterocycles. The molecule has 1 aliphatic heterocycles. The molecule has 2 N–H and O–H groups in total. The minimum atomic E-state index is 0.309. The van der Waals surface area contributed by atoms with Crippen LogP contribution in [0.4, 0.5) is 0 Å². The lowest BCUT2D eigenvalue weighted by Crippen LogP contribution is -2.37. The largest absolute Gasteiger partial charge is 0.454 e. The molecule has 0 radical (unpaired) electrons. The van der Waals surface area contributed by atoms with Gasteiger partial charge in [0.2, 0.25) is 6.79 Å². The van der Waals surface area contributed by atoms with Gasteiger partial charge in [0.1, 0.15) is 5.01 Å². The topological polar surface area (TPSA) is 67.8 Å². The number of hydrogen-bond donors (Lipinski definition) is 2. The van der Waals surface area contributed by atoms with Gasteiger partial charge in [-0.25, -0.2) is 4.98 Å². The number of nitrogens with zero attached hydrogens (tertiary/aromatic N) is 2. The van der Waals surface area contributed by atoms with Crippen molar-refractivity contribution in [2.24, 2.45) is 4.99 Å². The highest BCUT2D eigenvalue weighted by Gasteiger charge is 2.13. The normalized spacial score (nSPS) is 13.2. The first kappa shape index (κ1) is 16.6. The number of rotatable bonds is 5. The van der Waals surface area contributed by atoms with Crippen LogP contribution in [-0.4, -0.2) is 31.3 Å². The highest BCUT2D eigenvalue weighted by molar-refractivity contribution is 7.11. The van der Waals surface area contributed by atoms with Crippen LogP contribution in [0.5, 0.6) is 11.5 Å². The number of fused-ring (bicyclic) bond motifs is 1. The van der Waals surface area contributed by atoms with Gasteiger partial charge in [-0.1, -0.05) is 6.07 Å². The molecule has 2 heterocycles. The van der Waals surface area contributed by atoms with Gasteiger partial charge in [0.05, 0.1) is 12.2 Å². The summed E-state index contributed by atoms with van der Waals surface area (Å²) in [6, 6.07) is 6.05. The van der Waals surface area contributed by atoms with Crippen LogP contribution < -0.4 is 20.1 Å². The SMILES string of the molecule is CN=C(NCCc1ccc2c(c1)OCO2)NCc1nc(C)c(C)s1. The fraction of sp³-hybridized carbons (Fsp3) is 0.412. The number of aromatic nitrogens is 1. The quantitative estimate of drug-likeness (QED) is 0.643. The first-order chi connectivity index (χ1) is 11.7. The van der Waals surface area contributed by atoms with Gasteiger partial charge in [0.15, 0.2) is 17.5 Å². The summed E-state index contributed by atoms with van der Waals surface area (Å²) < 4.78 is 10.7. The number of benzene rings is 1. The smallest absolute Gasteiger partial charge is 0.231 e. The zero-order valence-electron chi connectivity index (χ0n) is 14.2. The van der Waals surface area contributed by atoms with Crippen LogP contribution in [0.2, 0.25) is 0 Å². The van der Waals surface area contributed by atoms with Gasteiger partial charge in [-0.2, -0.15) is 0 Å². The summed E-state index contributed by atoms with van der Waals surface area (Å²) in [4.78, 5) is 10.0. The molecular formula is C17H22N4O2S. The van der Waals surface area contributed by atoms with Crippen LogP contribution in [0.25, 0.3) is 0 Å². The van der Waals surface area contributed by atoms with Crippen LogP contribution in [0.1, 0.15) is 21.1 Å². The van der Waals surface area contributed by atoms with Crippen molar-refractivity contribution in [3.8, 4) is 11.5 Å². The molecule has 0 aliphatic carbocycles. The molecule has 0 fully saturated rings. The first-order valence-electron chi connectivity index (χ1n) is 7.91. The van der Waals surface area contributed by atoms with Gasteiger partial charge >= 0.3 is 0 Å². The van der Waals surface area contributed by atoms with Crippen molar-refractivity contribution in [1.82, 2.24) is 15.6 Å². The van der Waals surface area contributed by atoms with E-state index in [1.54, 1.807) is 18.4 Å². The molecule has 7 heteroatoms. The Morgan fingerprint density at radius 2 is 2.08 bits per heavy atom. The van der Waals surface area contributed by atoms with E-state index in [1.165, 1.54) is 10.4 Å². The fourth-order valence-corrected chi connectivity index (χ4v) is 3.29. The molecule has 6 nitrogen and oxygen atoms in total. The molecule has 1 aliphatic rings. The summed E-state index contributed by atoms with van der Waals surface area (Å²) in [6.07, 6.45) is 0.882. The Labute approximate surface area is 145 Å². The zero-order chi connectivity index (χ0) is 16.9. The average Bonchev–Trinajstić information content (AvgIpc) is 3.17. The average molecular weight is 346 g/mol. The lowest BCUT2D eigenvalue weighted by atomic mass is 10.1. The molecule has 0 amide bonds. The second-order valence-electron chi connectivity index (χ2n) is 5.54. The van der Waals surface area contributed by atoms with E-state index < -0.39 is 0 Å². The Morgan fingerprint density at radius 3 is 2.83 bits per heavy atom. The minimum absolute atomic E-state index is 0.309. The van der Waals surface area contributed by atoms with Gasteiger partial charge in [0, 0.05) is 18.5 Å². The lowest BCUT2D eigenvalue weighted by Gasteiger charge is -2.11. The first-order valence-corrected chi connectivity index (χ1v) is 8.73. The van der Waals surface area contributed by atoms with Crippen molar-refractivity contribution in [3.05, 3.63) is 39.3 Å². The summed E-state index contributed by atoms with van der Waals surface area (Å²) in [5, 5.41) is 7.69. The third-order valence-electron chi connectivity index (χ3n) is 3.85. The molecule has 0 atom stereocenters. The number of nitrogens with one attached hydrogen (secondary N) is 2. The Kier molecular flexibility index (Phi) is 5.20. The van der Waals surface area contributed by atoms with E-state index >= 15 is 0 Å². The minimum Gasteiger partial charge on any atom is -0.454 e. The van der Waals surface area contributed by atoms with Crippen molar-refractivity contribution >= 4 is 17.3 Å². The fourth-order valence-electron chi connectivity index (χ4n) is 2.42. The Bertz CT molecular complexity index is 723. The molecular weight excluding hydrogens is 324 g/mol. The summed E-state index contributed by atoms with van der Waals surface area (Å²) in [5.74, 6) is 2.42. The van der Waals surface area contributed by atoms with E-state index in [0.717, 1.165) is 41.1 Å². The van der Waals surface area contributed by atoms with E-state index in [1.807, 2.05) is 19.1 Å². The molecule has 24 heavy (non-hydrogen) atoms. The number of aryl methyl sites for hydroxylation is 2. The third-order valence-corrected chi connectivity index (χ3v) is 4.92. The van der Waals surface area contributed by atoms with Crippen molar-refractivity contribution < 1.29 is 9.47 Å². The number of thiazole rings is 1. The Hall–Kier alpha value is -2.28. The molecule has 1 aromatic carbocycles. The van der Waals surface area contributed by atoms with E-state index in [-0.39, 0.29) is 0 Å². The maximum atomic E-state index is 5.40. The summed E-state index contributed by atoms with van der Waals surface area (Å²) in [7, 11) is 1.77. The van der Waals surface area contributed by atoms with Crippen molar-refractivity contribution in [2.45, 2.75) is 26.8 Å².